The van der Waals surface area contributed by atoms with Crippen molar-refractivity contribution in [1.82, 2.24) is 5.32 Å². The predicted molar refractivity (Wildman–Crippen MR) is 56.7 cm³/mol. The zero-order valence-corrected chi connectivity index (χ0v) is 8.58. The van der Waals surface area contributed by atoms with E-state index < -0.39 is 0 Å². The normalized spacial score (nSPS) is 14.7. The van der Waals surface area contributed by atoms with Crippen LogP contribution in [0.15, 0.2) is 30.3 Å². The van der Waals surface area contributed by atoms with Crippen LogP contribution in [0.4, 0.5) is 0 Å². The topological polar surface area (TPSA) is 55.1 Å². The Hall–Kier alpha value is -1.35. The van der Waals surface area contributed by atoms with Gasteiger partial charge in [0.2, 0.25) is 5.91 Å². The number of hydrogen-bond acceptors (Lipinski definition) is 2. The van der Waals surface area contributed by atoms with Gasteiger partial charge >= 0.3 is 0 Å². The van der Waals surface area contributed by atoms with E-state index in [1.54, 1.807) is 0 Å². The number of hydrogen-bond donors (Lipinski definition) is 2. The van der Waals surface area contributed by atoms with Crippen molar-refractivity contribution in [2.75, 3.05) is 7.05 Å². The quantitative estimate of drug-likeness (QED) is 0.747. The Labute approximate surface area is 84.3 Å². The van der Waals surface area contributed by atoms with Gasteiger partial charge in [0, 0.05) is 12.0 Å². The number of nitrogens with one attached hydrogen (secondary N) is 1. The van der Waals surface area contributed by atoms with Crippen molar-refractivity contribution in [3.05, 3.63) is 35.9 Å². The molecule has 0 saturated carbocycles. The SMILES string of the molecule is CNC(C)(CC(N)=O)c1ccccc1. The molecule has 14 heavy (non-hydrogen) atoms. The van der Waals surface area contributed by atoms with Gasteiger partial charge in [-0.3, -0.25) is 4.79 Å². The summed E-state index contributed by atoms with van der Waals surface area (Å²) in [5.74, 6) is -0.300. The monoisotopic (exact) mass is 192 g/mol. The minimum Gasteiger partial charge on any atom is -0.370 e. The van der Waals surface area contributed by atoms with Crippen LogP contribution in [0.1, 0.15) is 18.9 Å². The first-order valence-electron chi connectivity index (χ1n) is 4.61. The number of carbonyl (C=O) groups is 1. The maximum Gasteiger partial charge on any atom is 0.219 e. The summed E-state index contributed by atoms with van der Waals surface area (Å²) in [4.78, 5) is 10.9. The summed E-state index contributed by atoms with van der Waals surface area (Å²) < 4.78 is 0. The Morgan fingerprint density at radius 3 is 2.43 bits per heavy atom. The Balaban J connectivity index is 2.95. The second-order valence-electron chi connectivity index (χ2n) is 3.59. The van der Waals surface area contributed by atoms with Gasteiger partial charge in [0.05, 0.1) is 0 Å². The van der Waals surface area contributed by atoms with Crippen LogP contribution < -0.4 is 11.1 Å². The third-order valence-electron chi connectivity index (χ3n) is 2.49. The summed E-state index contributed by atoms with van der Waals surface area (Å²) in [5.41, 5.74) is 5.92. The molecular formula is C11H16N2O. The zero-order valence-electron chi connectivity index (χ0n) is 8.58. The molecule has 76 valence electrons. The Morgan fingerprint density at radius 2 is 2.00 bits per heavy atom. The molecular weight excluding hydrogens is 176 g/mol. The third kappa shape index (κ3) is 2.33. The molecule has 0 bridgehead atoms. The lowest BCUT2D eigenvalue weighted by atomic mass is 9.88. The Bertz CT molecular complexity index is 310. The minimum atomic E-state index is -0.368. The Kier molecular flexibility index (Phi) is 3.25. The molecule has 3 heteroatoms. The molecule has 3 N–H and O–H groups in total. The molecule has 0 radical (unpaired) electrons. The zero-order chi connectivity index (χ0) is 10.6. The summed E-state index contributed by atoms with van der Waals surface area (Å²) >= 11 is 0. The second-order valence-corrected chi connectivity index (χ2v) is 3.59. The first-order chi connectivity index (χ1) is 6.58. The molecule has 1 aromatic rings. The Morgan fingerprint density at radius 1 is 1.43 bits per heavy atom. The number of carbonyl (C=O) groups excluding carboxylic acids is 1. The second kappa shape index (κ2) is 4.24. The van der Waals surface area contributed by atoms with Crippen molar-refractivity contribution >= 4 is 5.91 Å². The average molecular weight is 192 g/mol. The number of nitrogens with two attached hydrogens (primary N) is 1. The molecule has 1 aromatic carbocycles. The van der Waals surface area contributed by atoms with Gasteiger partial charge in [-0.2, -0.15) is 0 Å². The van der Waals surface area contributed by atoms with Crippen LogP contribution in [-0.4, -0.2) is 13.0 Å². The van der Waals surface area contributed by atoms with Gasteiger partial charge in [-0.1, -0.05) is 30.3 Å². The van der Waals surface area contributed by atoms with Crippen LogP contribution in [0.25, 0.3) is 0 Å². The fourth-order valence-corrected chi connectivity index (χ4v) is 1.49. The highest BCUT2D eigenvalue weighted by Gasteiger charge is 2.26. The summed E-state index contributed by atoms with van der Waals surface area (Å²) in [7, 11) is 1.83. The lowest BCUT2D eigenvalue weighted by molar-refractivity contribution is -0.119. The van der Waals surface area contributed by atoms with Crippen molar-refractivity contribution in [3.8, 4) is 0 Å². The predicted octanol–water partition coefficient (Wildman–Crippen LogP) is 0.997. The van der Waals surface area contributed by atoms with Crippen LogP contribution in [0.5, 0.6) is 0 Å². The van der Waals surface area contributed by atoms with Crippen molar-refractivity contribution in [3.63, 3.8) is 0 Å². The van der Waals surface area contributed by atoms with E-state index >= 15 is 0 Å². The number of rotatable bonds is 4. The molecule has 1 rings (SSSR count). The maximum absolute atomic E-state index is 10.9. The molecule has 0 aliphatic heterocycles. The molecule has 3 nitrogen and oxygen atoms in total. The van der Waals surface area contributed by atoms with Crippen molar-refractivity contribution < 1.29 is 4.79 Å². The molecule has 0 heterocycles. The van der Waals surface area contributed by atoms with E-state index in [0.717, 1.165) is 5.56 Å². The van der Waals surface area contributed by atoms with E-state index in [2.05, 4.69) is 5.32 Å². The molecule has 0 saturated heterocycles. The number of primary amides is 1. The highest BCUT2D eigenvalue weighted by Crippen LogP contribution is 2.23. The van der Waals surface area contributed by atoms with E-state index in [4.69, 9.17) is 5.73 Å². The molecule has 0 aliphatic carbocycles. The summed E-state index contributed by atoms with van der Waals surface area (Å²) in [6.45, 7) is 1.97. The first kappa shape index (κ1) is 10.7. The summed E-state index contributed by atoms with van der Waals surface area (Å²) in [5, 5.41) is 3.13. The molecule has 1 unspecified atom stereocenters. The van der Waals surface area contributed by atoms with Gasteiger partial charge in [0.1, 0.15) is 0 Å². The largest absolute Gasteiger partial charge is 0.370 e. The van der Waals surface area contributed by atoms with E-state index in [-0.39, 0.29) is 11.4 Å². The number of benzene rings is 1. The van der Waals surface area contributed by atoms with Gasteiger partial charge in [0.15, 0.2) is 0 Å². The van der Waals surface area contributed by atoms with Crippen molar-refractivity contribution in [2.24, 2.45) is 5.73 Å². The van der Waals surface area contributed by atoms with Crippen molar-refractivity contribution in [1.29, 1.82) is 0 Å². The van der Waals surface area contributed by atoms with Crippen LogP contribution in [0.3, 0.4) is 0 Å². The first-order valence-corrected chi connectivity index (χ1v) is 4.61. The summed E-state index contributed by atoms with van der Waals surface area (Å²) in [6.07, 6.45) is 0.299. The van der Waals surface area contributed by atoms with Crippen LogP contribution in [-0.2, 0) is 10.3 Å². The lowest BCUT2D eigenvalue weighted by Crippen LogP contribution is -2.40. The molecule has 0 fully saturated rings. The fraction of sp³-hybridized carbons (Fsp3) is 0.364. The smallest absolute Gasteiger partial charge is 0.219 e. The van der Waals surface area contributed by atoms with Gasteiger partial charge in [-0.15, -0.1) is 0 Å². The third-order valence-corrected chi connectivity index (χ3v) is 2.49. The maximum atomic E-state index is 10.9. The standard InChI is InChI=1S/C11H16N2O/c1-11(13-2,8-10(12)14)9-6-4-3-5-7-9/h3-7,13H,8H2,1-2H3,(H2,12,14). The van der Waals surface area contributed by atoms with Crippen molar-refractivity contribution in [2.45, 2.75) is 18.9 Å². The summed E-state index contributed by atoms with van der Waals surface area (Å²) in [6, 6.07) is 9.82. The van der Waals surface area contributed by atoms with E-state index in [1.165, 1.54) is 0 Å². The molecule has 0 spiro atoms. The molecule has 0 aromatic heterocycles. The van der Waals surface area contributed by atoms with E-state index in [1.807, 2.05) is 44.3 Å². The van der Waals surface area contributed by atoms with Gasteiger partial charge in [0.25, 0.3) is 0 Å². The minimum absolute atomic E-state index is 0.299. The van der Waals surface area contributed by atoms with Crippen LogP contribution in [0, 0.1) is 0 Å². The van der Waals surface area contributed by atoms with Crippen LogP contribution >= 0.6 is 0 Å². The highest BCUT2D eigenvalue weighted by molar-refractivity contribution is 5.75. The lowest BCUT2D eigenvalue weighted by Gasteiger charge is -2.28. The number of amides is 1. The van der Waals surface area contributed by atoms with Gasteiger partial charge in [-0.25, -0.2) is 0 Å². The van der Waals surface area contributed by atoms with E-state index in [9.17, 15) is 4.79 Å². The molecule has 0 aliphatic rings. The highest BCUT2D eigenvalue weighted by atomic mass is 16.1. The fourth-order valence-electron chi connectivity index (χ4n) is 1.49. The average Bonchev–Trinajstić information content (AvgIpc) is 2.18. The molecule has 1 atom stereocenters. The van der Waals surface area contributed by atoms with Gasteiger partial charge < -0.3 is 11.1 Å². The molecule has 1 amide bonds. The van der Waals surface area contributed by atoms with E-state index in [0.29, 0.717) is 6.42 Å². The van der Waals surface area contributed by atoms with Crippen LogP contribution in [0.2, 0.25) is 0 Å². The van der Waals surface area contributed by atoms with Gasteiger partial charge in [-0.05, 0) is 19.5 Å².